The number of halogens is 1. The van der Waals surface area contributed by atoms with Crippen molar-refractivity contribution in [2.24, 2.45) is 5.73 Å². The van der Waals surface area contributed by atoms with Crippen molar-refractivity contribution in [3.8, 4) is 11.5 Å². The molecule has 3 rings (SSSR count). The summed E-state index contributed by atoms with van der Waals surface area (Å²) < 4.78 is 39.1. The molecule has 0 spiro atoms. The number of hydrogen-bond donors (Lipinski definition) is 1. The topological polar surface area (TPSA) is 98.9 Å². The first kappa shape index (κ1) is 23.6. The van der Waals surface area contributed by atoms with Gasteiger partial charge >= 0.3 is 0 Å². The fourth-order valence-corrected chi connectivity index (χ4v) is 5.00. The summed E-state index contributed by atoms with van der Waals surface area (Å²) in [5, 5.41) is 0.391. The molecule has 1 atom stereocenters. The highest BCUT2D eigenvalue weighted by molar-refractivity contribution is 7.89. The predicted octanol–water partition coefficient (Wildman–Crippen LogP) is 3.77. The Bertz CT molecular complexity index is 1160. The van der Waals surface area contributed by atoms with Gasteiger partial charge in [0.15, 0.2) is 0 Å². The third kappa shape index (κ3) is 5.21. The smallest absolute Gasteiger partial charge is 0.244 e. The maximum Gasteiger partial charge on any atom is 0.244 e. The number of sulfonamides is 1. The van der Waals surface area contributed by atoms with Crippen LogP contribution in [0.1, 0.15) is 17.2 Å². The van der Waals surface area contributed by atoms with E-state index in [4.69, 9.17) is 26.8 Å². The summed E-state index contributed by atoms with van der Waals surface area (Å²) in [5.74, 6) is 0.167. The van der Waals surface area contributed by atoms with E-state index in [0.717, 1.165) is 4.31 Å². The van der Waals surface area contributed by atoms with Gasteiger partial charge in [-0.3, -0.25) is 4.79 Å². The lowest BCUT2D eigenvalue weighted by molar-refractivity contribution is -0.122. The monoisotopic (exact) mass is 474 g/mol. The largest absolute Gasteiger partial charge is 0.497 e. The van der Waals surface area contributed by atoms with Crippen LogP contribution in [0.3, 0.4) is 0 Å². The van der Waals surface area contributed by atoms with E-state index in [1.807, 2.05) is 0 Å². The van der Waals surface area contributed by atoms with Crippen molar-refractivity contribution in [3.05, 3.63) is 88.9 Å². The van der Waals surface area contributed by atoms with E-state index in [9.17, 15) is 13.2 Å². The molecular formula is C23H23ClN2O5S. The van der Waals surface area contributed by atoms with Crippen LogP contribution in [0.2, 0.25) is 5.02 Å². The van der Waals surface area contributed by atoms with Crippen molar-refractivity contribution in [2.45, 2.75) is 17.5 Å². The van der Waals surface area contributed by atoms with Gasteiger partial charge in [0.1, 0.15) is 17.5 Å². The normalized spacial score (nSPS) is 12.4. The van der Waals surface area contributed by atoms with Crippen molar-refractivity contribution in [1.82, 2.24) is 4.31 Å². The predicted molar refractivity (Wildman–Crippen MR) is 122 cm³/mol. The van der Waals surface area contributed by atoms with Crippen LogP contribution in [0.5, 0.6) is 11.5 Å². The highest BCUT2D eigenvalue weighted by Gasteiger charge is 2.36. The Morgan fingerprint density at radius 2 is 1.53 bits per heavy atom. The van der Waals surface area contributed by atoms with E-state index in [0.29, 0.717) is 27.6 Å². The number of carbonyl (C=O) groups excluding carboxylic acids is 1. The molecule has 7 nitrogen and oxygen atoms in total. The number of nitrogens with zero attached hydrogens (tertiary/aromatic N) is 1. The van der Waals surface area contributed by atoms with Crippen LogP contribution in [0, 0.1) is 0 Å². The molecule has 0 aliphatic rings. The molecule has 32 heavy (non-hydrogen) atoms. The van der Waals surface area contributed by atoms with E-state index in [1.54, 1.807) is 48.5 Å². The Labute approximate surface area is 192 Å². The van der Waals surface area contributed by atoms with Gasteiger partial charge in [-0.1, -0.05) is 41.9 Å². The van der Waals surface area contributed by atoms with Gasteiger partial charge in [-0.2, -0.15) is 4.31 Å². The molecule has 168 valence electrons. The van der Waals surface area contributed by atoms with Crippen LogP contribution < -0.4 is 15.2 Å². The van der Waals surface area contributed by atoms with Gasteiger partial charge in [0.2, 0.25) is 15.9 Å². The molecule has 2 N–H and O–H groups in total. The van der Waals surface area contributed by atoms with Crippen LogP contribution in [-0.4, -0.2) is 32.8 Å². The summed E-state index contributed by atoms with van der Waals surface area (Å²) in [4.78, 5) is 12.5. The maximum atomic E-state index is 13.7. The minimum atomic E-state index is -4.16. The molecule has 0 saturated carbocycles. The summed E-state index contributed by atoms with van der Waals surface area (Å²) in [6.07, 6.45) is 0. The summed E-state index contributed by atoms with van der Waals surface area (Å²) in [6.45, 7) is -0.152. The Balaban J connectivity index is 2.17. The maximum absolute atomic E-state index is 13.7. The lowest BCUT2D eigenvalue weighted by atomic mass is 10.1. The quantitative estimate of drug-likeness (QED) is 0.509. The Morgan fingerprint density at radius 1 is 0.969 bits per heavy atom. The van der Waals surface area contributed by atoms with Crippen molar-refractivity contribution < 1.29 is 22.7 Å². The summed E-state index contributed by atoms with van der Waals surface area (Å²) in [6, 6.07) is 18.0. The second-order valence-electron chi connectivity index (χ2n) is 6.94. The summed E-state index contributed by atoms with van der Waals surface area (Å²) >= 11 is 5.94. The first-order valence-electron chi connectivity index (χ1n) is 9.60. The van der Waals surface area contributed by atoms with Gasteiger partial charge in [-0.05, 0) is 47.5 Å². The van der Waals surface area contributed by atoms with Gasteiger partial charge < -0.3 is 15.2 Å². The average molecular weight is 475 g/mol. The van der Waals surface area contributed by atoms with E-state index >= 15 is 0 Å². The molecule has 9 heteroatoms. The second-order valence-corrected chi connectivity index (χ2v) is 9.27. The number of hydrogen-bond acceptors (Lipinski definition) is 5. The minimum Gasteiger partial charge on any atom is -0.497 e. The highest BCUT2D eigenvalue weighted by atomic mass is 35.5. The number of amides is 1. The molecule has 0 unspecified atom stereocenters. The van der Waals surface area contributed by atoms with Crippen LogP contribution >= 0.6 is 11.6 Å². The lowest BCUT2D eigenvalue weighted by Gasteiger charge is -2.29. The fraction of sp³-hybridized carbons (Fsp3) is 0.174. The molecular weight excluding hydrogens is 452 g/mol. The van der Waals surface area contributed by atoms with Crippen molar-refractivity contribution in [1.29, 1.82) is 0 Å². The van der Waals surface area contributed by atoms with Crippen molar-refractivity contribution in [2.75, 3.05) is 14.2 Å². The highest BCUT2D eigenvalue weighted by Crippen LogP contribution is 2.32. The van der Waals surface area contributed by atoms with Gasteiger partial charge in [0.25, 0.3) is 0 Å². The molecule has 0 radical (unpaired) electrons. The zero-order valence-corrected chi connectivity index (χ0v) is 19.1. The zero-order chi connectivity index (χ0) is 23.3. The number of methoxy groups -OCH3 is 2. The molecule has 0 heterocycles. The third-order valence-corrected chi connectivity index (χ3v) is 6.92. The molecule has 0 fully saturated rings. The number of nitrogens with two attached hydrogens (primary N) is 1. The van der Waals surface area contributed by atoms with E-state index in [1.165, 1.54) is 38.5 Å². The molecule has 3 aromatic rings. The standard InChI is InChI=1S/C23H23ClN2O5S/c1-30-19-12-16(13-20(14-19)31-2)15-26(22(23(25)27)17-6-4-3-5-7-17)32(28,29)21-10-8-18(24)9-11-21/h3-14,22H,15H2,1-2H3,(H2,25,27)/t22-/m1/s1. The van der Waals surface area contributed by atoms with Crippen LogP contribution in [0.25, 0.3) is 0 Å². The Morgan fingerprint density at radius 3 is 2.03 bits per heavy atom. The van der Waals surface area contributed by atoms with Gasteiger partial charge in [0.05, 0.1) is 19.1 Å². The van der Waals surface area contributed by atoms with Crippen LogP contribution in [0.15, 0.2) is 77.7 Å². The molecule has 0 saturated heterocycles. The second kappa shape index (κ2) is 10.0. The zero-order valence-electron chi connectivity index (χ0n) is 17.6. The first-order valence-corrected chi connectivity index (χ1v) is 11.4. The number of rotatable bonds is 9. The van der Waals surface area contributed by atoms with E-state index < -0.39 is 22.0 Å². The number of primary amides is 1. The lowest BCUT2D eigenvalue weighted by Crippen LogP contribution is -2.41. The molecule has 0 aromatic heterocycles. The molecule has 0 aliphatic heterocycles. The molecule has 1 amide bonds. The van der Waals surface area contributed by atoms with E-state index in [-0.39, 0.29) is 11.4 Å². The van der Waals surface area contributed by atoms with Crippen LogP contribution in [-0.2, 0) is 21.4 Å². The molecule has 3 aromatic carbocycles. The van der Waals surface area contributed by atoms with Gasteiger partial charge in [-0.25, -0.2) is 8.42 Å². The average Bonchev–Trinajstić information content (AvgIpc) is 2.79. The first-order chi connectivity index (χ1) is 15.3. The van der Waals surface area contributed by atoms with Gasteiger partial charge in [0, 0.05) is 17.6 Å². The Kier molecular flexibility index (Phi) is 7.40. The minimum absolute atomic E-state index is 0.0149. The van der Waals surface area contributed by atoms with Crippen LogP contribution in [0.4, 0.5) is 0 Å². The molecule has 0 aliphatic carbocycles. The fourth-order valence-electron chi connectivity index (χ4n) is 3.30. The Hall–Kier alpha value is -3.07. The molecule has 0 bridgehead atoms. The number of benzene rings is 3. The summed E-state index contributed by atoms with van der Waals surface area (Å²) in [7, 11) is -1.16. The third-order valence-electron chi connectivity index (χ3n) is 4.84. The van der Waals surface area contributed by atoms with Crippen molar-refractivity contribution in [3.63, 3.8) is 0 Å². The number of carbonyl (C=O) groups is 1. The van der Waals surface area contributed by atoms with E-state index in [2.05, 4.69) is 0 Å². The van der Waals surface area contributed by atoms with Gasteiger partial charge in [-0.15, -0.1) is 0 Å². The SMILES string of the molecule is COc1cc(CN([C@@H](C(N)=O)c2ccccc2)S(=O)(=O)c2ccc(Cl)cc2)cc(OC)c1. The van der Waals surface area contributed by atoms with Crippen molar-refractivity contribution >= 4 is 27.5 Å². The number of ether oxygens (including phenoxy) is 2. The summed E-state index contributed by atoms with van der Waals surface area (Å²) in [5.41, 5.74) is 6.73.